The Morgan fingerprint density at radius 2 is 1.90 bits per heavy atom. The summed E-state index contributed by atoms with van der Waals surface area (Å²) in [6, 6.07) is 8.03. The van der Waals surface area contributed by atoms with Crippen LogP contribution in [0.15, 0.2) is 46.3 Å². The van der Waals surface area contributed by atoms with E-state index in [1.54, 1.807) is 13.0 Å². The molecule has 0 spiro atoms. The fourth-order valence-corrected chi connectivity index (χ4v) is 2.17. The molecule has 0 fully saturated rings. The predicted molar refractivity (Wildman–Crippen MR) is 83.3 cm³/mol. The van der Waals surface area contributed by atoms with Crippen molar-refractivity contribution in [2.24, 2.45) is 4.99 Å². The van der Waals surface area contributed by atoms with Crippen LogP contribution in [0.4, 0.5) is 0 Å². The number of carbonyl (C=O) groups is 1. The van der Waals surface area contributed by atoms with Crippen molar-refractivity contribution in [1.29, 1.82) is 0 Å². The molecule has 0 amide bonds. The highest BCUT2D eigenvalue weighted by atomic mass is 16.5. The number of ether oxygens (including phenoxy) is 1. The lowest BCUT2D eigenvalue weighted by atomic mass is 10.0. The van der Waals surface area contributed by atoms with Crippen molar-refractivity contribution in [3.63, 3.8) is 0 Å². The minimum Gasteiger partial charge on any atom is -0.505 e. The van der Waals surface area contributed by atoms with Crippen molar-refractivity contribution in [2.75, 3.05) is 7.11 Å². The van der Waals surface area contributed by atoms with Gasteiger partial charge in [-0.05, 0) is 30.0 Å². The number of nitrogens with zero attached hydrogens (tertiary/aromatic N) is 1. The van der Waals surface area contributed by atoms with E-state index in [-0.39, 0.29) is 11.3 Å². The van der Waals surface area contributed by atoms with Gasteiger partial charge in [-0.1, -0.05) is 38.1 Å². The van der Waals surface area contributed by atoms with Crippen LogP contribution in [0.25, 0.3) is 6.08 Å². The van der Waals surface area contributed by atoms with E-state index >= 15 is 0 Å². The third-order valence-electron chi connectivity index (χ3n) is 3.43. The van der Waals surface area contributed by atoms with Crippen LogP contribution in [0.3, 0.4) is 0 Å². The summed E-state index contributed by atoms with van der Waals surface area (Å²) in [5.74, 6) is -0.239. The number of hydrogen-bond acceptors (Lipinski definition) is 4. The van der Waals surface area contributed by atoms with E-state index < -0.39 is 5.97 Å². The molecule has 1 N–H and O–H groups in total. The van der Waals surface area contributed by atoms with E-state index in [0.717, 1.165) is 5.56 Å². The molecule has 0 aromatic heterocycles. The number of rotatable bonds is 3. The standard InChI is InChI=1S/C17H19NO3/c1-10(2)13-7-5-12(6-8-13)9-14-16(19)15(11(3)18-14)17(20)21-4/h5-10,19H,1-4H3/b14-9+. The number of benzene rings is 1. The Hall–Kier alpha value is -2.36. The molecule has 1 aliphatic heterocycles. The van der Waals surface area contributed by atoms with Crippen LogP contribution < -0.4 is 0 Å². The molecule has 1 aromatic rings. The monoisotopic (exact) mass is 285 g/mol. The predicted octanol–water partition coefficient (Wildman–Crippen LogP) is 3.61. The van der Waals surface area contributed by atoms with Crippen LogP contribution in [0, 0.1) is 0 Å². The molecule has 1 aromatic carbocycles. The molecule has 0 unspecified atom stereocenters. The fourth-order valence-electron chi connectivity index (χ4n) is 2.17. The number of esters is 1. The summed E-state index contributed by atoms with van der Waals surface area (Å²) < 4.78 is 4.65. The lowest BCUT2D eigenvalue weighted by Gasteiger charge is -2.05. The Kier molecular flexibility index (Phi) is 4.26. The highest BCUT2D eigenvalue weighted by Gasteiger charge is 2.27. The number of hydrogen-bond donors (Lipinski definition) is 1. The maximum Gasteiger partial charge on any atom is 0.343 e. The largest absolute Gasteiger partial charge is 0.505 e. The van der Waals surface area contributed by atoms with Gasteiger partial charge < -0.3 is 9.84 Å². The van der Waals surface area contributed by atoms with Crippen molar-refractivity contribution in [3.05, 3.63) is 52.4 Å². The van der Waals surface area contributed by atoms with Gasteiger partial charge in [0.05, 0.1) is 12.8 Å². The van der Waals surface area contributed by atoms with Gasteiger partial charge in [0.2, 0.25) is 0 Å². The number of aliphatic hydroxyl groups is 1. The van der Waals surface area contributed by atoms with Gasteiger partial charge in [0, 0.05) is 0 Å². The number of aliphatic imine (C=N–C) groups is 1. The second-order valence-electron chi connectivity index (χ2n) is 5.26. The summed E-state index contributed by atoms with van der Waals surface area (Å²) in [6.45, 7) is 5.94. The van der Waals surface area contributed by atoms with E-state index in [4.69, 9.17) is 0 Å². The van der Waals surface area contributed by atoms with Gasteiger partial charge in [0.15, 0.2) is 5.76 Å². The Morgan fingerprint density at radius 3 is 2.43 bits per heavy atom. The molecule has 110 valence electrons. The van der Waals surface area contributed by atoms with Gasteiger partial charge in [0.25, 0.3) is 0 Å². The van der Waals surface area contributed by atoms with Crippen LogP contribution in [0.2, 0.25) is 0 Å². The summed E-state index contributed by atoms with van der Waals surface area (Å²) in [6.07, 6.45) is 1.75. The Balaban J connectivity index is 2.34. The second-order valence-corrected chi connectivity index (χ2v) is 5.26. The molecule has 0 saturated carbocycles. The highest BCUT2D eigenvalue weighted by Crippen LogP contribution is 2.26. The van der Waals surface area contributed by atoms with Gasteiger partial charge >= 0.3 is 5.97 Å². The summed E-state index contributed by atoms with van der Waals surface area (Å²) in [7, 11) is 1.28. The first-order chi connectivity index (χ1) is 9.93. The first-order valence-electron chi connectivity index (χ1n) is 6.83. The zero-order valence-electron chi connectivity index (χ0n) is 12.7. The van der Waals surface area contributed by atoms with E-state index in [9.17, 15) is 9.90 Å². The number of methoxy groups -OCH3 is 1. The zero-order valence-corrected chi connectivity index (χ0v) is 12.7. The Morgan fingerprint density at radius 1 is 1.29 bits per heavy atom. The molecule has 4 heteroatoms. The highest BCUT2D eigenvalue weighted by molar-refractivity contribution is 6.21. The topological polar surface area (TPSA) is 58.9 Å². The van der Waals surface area contributed by atoms with Gasteiger partial charge in [-0.15, -0.1) is 0 Å². The summed E-state index contributed by atoms with van der Waals surface area (Å²) in [5, 5.41) is 10.1. The van der Waals surface area contributed by atoms with Crippen molar-refractivity contribution in [1.82, 2.24) is 0 Å². The van der Waals surface area contributed by atoms with Gasteiger partial charge in [0.1, 0.15) is 11.3 Å². The summed E-state index contributed by atoms with van der Waals surface area (Å²) in [4.78, 5) is 15.8. The Bertz CT molecular complexity index is 649. The molecule has 0 aliphatic carbocycles. The van der Waals surface area contributed by atoms with Crippen molar-refractivity contribution < 1.29 is 14.6 Å². The lowest BCUT2D eigenvalue weighted by molar-refractivity contribution is -0.135. The minimum absolute atomic E-state index is 0.127. The molecule has 4 nitrogen and oxygen atoms in total. The van der Waals surface area contributed by atoms with E-state index in [2.05, 4.69) is 23.6 Å². The van der Waals surface area contributed by atoms with Gasteiger partial charge in [-0.2, -0.15) is 0 Å². The molecule has 0 saturated heterocycles. The van der Waals surface area contributed by atoms with Gasteiger partial charge in [-0.25, -0.2) is 9.79 Å². The fraction of sp³-hybridized carbons (Fsp3) is 0.294. The van der Waals surface area contributed by atoms with E-state index in [0.29, 0.717) is 17.3 Å². The number of carbonyl (C=O) groups excluding carboxylic acids is 1. The maximum atomic E-state index is 11.6. The molecular weight excluding hydrogens is 266 g/mol. The van der Waals surface area contributed by atoms with E-state index in [1.165, 1.54) is 12.7 Å². The van der Waals surface area contributed by atoms with Crippen molar-refractivity contribution >= 4 is 17.8 Å². The van der Waals surface area contributed by atoms with Crippen LogP contribution in [-0.2, 0) is 9.53 Å². The zero-order chi connectivity index (χ0) is 15.6. The van der Waals surface area contributed by atoms with Crippen molar-refractivity contribution in [2.45, 2.75) is 26.7 Å². The Labute approximate surface area is 124 Å². The van der Waals surface area contributed by atoms with Crippen LogP contribution >= 0.6 is 0 Å². The van der Waals surface area contributed by atoms with Gasteiger partial charge in [-0.3, -0.25) is 0 Å². The average Bonchev–Trinajstić information content (AvgIpc) is 2.73. The average molecular weight is 285 g/mol. The quantitative estimate of drug-likeness (QED) is 0.863. The molecule has 0 radical (unpaired) electrons. The SMILES string of the molecule is COC(=O)C1=C(O)/C(=C\c2ccc(C(C)C)cc2)N=C1C. The van der Waals surface area contributed by atoms with E-state index in [1.807, 2.05) is 24.3 Å². The normalized spacial score (nSPS) is 16.6. The summed E-state index contributed by atoms with van der Waals surface area (Å²) in [5.41, 5.74) is 3.14. The maximum absolute atomic E-state index is 11.6. The minimum atomic E-state index is -0.577. The molecule has 0 bridgehead atoms. The smallest absolute Gasteiger partial charge is 0.343 e. The first-order valence-corrected chi connectivity index (χ1v) is 6.83. The molecular formula is C17H19NO3. The van der Waals surface area contributed by atoms with Crippen LogP contribution in [0.5, 0.6) is 0 Å². The number of aliphatic hydroxyl groups excluding tert-OH is 1. The third kappa shape index (κ3) is 3.05. The summed E-state index contributed by atoms with van der Waals surface area (Å²) >= 11 is 0. The molecule has 2 rings (SSSR count). The molecule has 1 aliphatic rings. The van der Waals surface area contributed by atoms with Crippen LogP contribution in [0.1, 0.15) is 37.8 Å². The lowest BCUT2D eigenvalue weighted by Crippen LogP contribution is -2.11. The third-order valence-corrected chi connectivity index (χ3v) is 3.43. The second kappa shape index (κ2) is 5.95. The molecule has 1 heterocycles. The van der Waals surface area contributed by atoms with Crippen LogP contribution in [-0.4, -0.2) is 23.9 Å². The van der Waals surface area contributed by atoms with Crippen molar-refractivity contribution in [3.8, 4) is 0 Å². The molecule has 21 heavy (non-hydrogen) atoms. The molecule has 0 atom stereocenters. The first kappa shape index (κ1) is 15.0.